The van der Waals surface area contributed by atoms with Gasteiger partial charge in [0.2, 0.25) is 0 Å². The predicted octanol–water partition coefficient (Wildman–Crippen LogP) is -1.29. The maximum atomic E-state index is 9.87. The van der Waals surface area contributed by atoms with Gasteiger partial charge in [-0.1, -0.05) is 38.5 Å². The van der Waals surface area contributed by atoms with E-state index in [1.54, 1.807) is 20.4 Å². The molecule has 2 aliphatic heterocycles. The maximum absolute atomic E-state index is 9.87. The van der Waals surface area contributed by atoms with E-state index >= 15 is 0 Å². The number of nitrogens with one attached hydrogen (secondary N) is 1. The molecular weight excluding hydrogens is 1120 g/mol. The van der Waals surface area contributed by atoms with Crippen LogP contribution in [-0.4, -0.2) is 145 Å². The smallest absolute Gasteiger partial charge is 0.163 e. The largest absolute Gasteiger partial charge is 0.656 e. The van der Waals surface area contributed by atoms with E-state index in [0.717, 1.165) is 81.7 Å². The molecule has 2 aromatic heterocycles. The molecule has 4 heterocycles. The van der Waals surface area contributed by atoms with Crippen molar-refractivity contribution in [3.8, 4) is 11.5 Å². The Kier molecular flexibility index (Phi) is 37.7. The molecule has 5 rings (SSSR count). The number of aliphatic carboxylic acids is 2. The molecule has 0 saturated carbocycles. The predicted molar refractivity (Wildman–Crippen MR) is 274 cm³/mol. The Bertz CT molecular complexity index is 2560. The molecule has 0 fully saturated rings. The molecule has 0 saturated heterocycles. The van der Waals surface area contributed by atoms with Gasteiger partial charge in [0.15, 0.2) is 11.5 Å². The van der Waals surface area contributed by atoms with Crippen molar-refractivity contribution in [3.05, 3.63) is 77.8 Å². The topological polar surface area (TPSA) is 293 Å². The number of allylic oxidation sites excluding steroid dienone is 2. The molecule has 0 aliphatic carbocycles. The summed E-state index contributed by atoms with van der Waals surface area (Å²) < 4.78 is 45.3. The van der Waals surface area contributed by atoms with Crippen LogP contribution < -0.4 is 56.8 Å². The molecule has 21 heteroatoms. The fourth-order valence-electron chi connectivity index (χ4n) is 7.60. The van der Waals surface area contributed by atoms with Crippen molar-refractivity contribution in [2.24, 2.45) is 20.9 Å². The number of H-pyrrole nitrogens is 1. The van der Waals surface area contributed by atoms with Crippen molar-refractivity contribution >= 4 is 42.2 Å². The first-order valence-electron chi connectivity index (χ1n) is 24.1. The summed E-state index contributed by atoms with van der Waals surface area (Å²) in [6, 6.07) is 3.66. The summed E-state index contributed by atoms with van der Waals surface area (Å²) in [5, 5.41) is 41.9. The van der Waals surface area contributed by atoms with E-state index in [1.165, 1.54) is 5.57 Å². The zero-order valence-corrected chi connectivity index (χ0v) is 45.2. The van der Waals surface area contributed by atoms with E-state index in [4.69, 9.17) is 77.7 Å². The van der Waals surface area contributed by atoms with Crippen LogP contribution in [-0.2, 0) is 50.9 Å². The van der Waals surface area contributed by atoms with Crippen LogP contribution in [0.5, 0.6) is 11.5 Å². The van der Waals surface area contributed by atoms with Crippen LogP contribution in [0.25, 0.3) is 24.6 Å². The van der Waals surface area contributed by atoms with Crippen molar-refractivity contribution in [1.29, 1.82) is 0 Å². The standard InChI is InChI=1S/C48H68N5O10.2C2H4O2.CH4.Lu.H2O/c1-7-35-36(8-2)40-28-42-38(12-10-14-55)34(4)46(53-42)32-50-44-30-48(63-26-24-61-22-20-59-18-16-57-6)47(62-25-23-60-21-19-58-17-15-56-5)29-43(44)49-31-45-33(3)37(11-9-13-54)41(52-45)27-39(35)51-40;2*1-2(3)4;;;/h27-32,35,52,54-55H,7-26H2,1-6H3;2*1H3,(H,3,4);1H4;;1H2/q-1;;;;;/p-2/b41-27-,42-28-,45-31-,46-32-,49-43?,50-44?;;;;;. The molecule has 1 atom stereocenters. The van der Waals surface area contributed by atoms with Crippen molar-refractivity contribution in [1.82, 2.24) is 9.97 Å². The quantitative estimate of drug-likeness (QED) is 0.0714. The number of rotatable bonds is 28. The van der Waals surface area contributed by atoms with Crippen molar-refractivity contribution in [3.63, 3.8) is 0 Å². The Labute approximate surface area is 464 Å². The van der Waals surface area contributed by atoms with Crippen LogP contribution >= 0.6 is 0 Å². The second-order valence-corrected chi connectivity index (χ2v) is 16.2. The van der Waals surface area contributed by atoms with Gasteiger partial charge in [-0.05, 0) is 89.0 Å². The Balaban J connectivity index is 0.00000451. The zero-order valence-electron chi connectivity index (χ0n) is 43.5. The van der Waals surface area contributed by atoms with Gasteiger partial charge in [-0.15, -0.1) is 10.7 Å². The first-order valence-corrected chi connectivity index (χ1v) is 24.1. The summed E-state index contributed by atoms with van der Waals surface area (Å²) in [7, 11) is 3.28. The summed E-state index contributed by atoms with van der Waals surface area (Å²) in [4.78, 5) is 41.9. The molecule has 1 unspecified atom stereocenters. The zero-order chi connectivity index (χ0) is 52.0. The summed E-state index contributed by atoms with van der Waals surface area (Å²) in [5.74, 6) is -1.07. The number of carboxylic acid groups (broad SMARTS) is 2. The number of carbonyl (C=O) groups is 2. The van der Waals surface area contributed by atoms with Gasteiger partial charge in [0, 0.05) is 106 Å². The number of aliphatic hydroxyl groups excluding tert-OH is 2. The first kappa shape index (κ1) is 69.7. The molecule has 6 bridgehead atoms. The number of aromatic nitrogens is 2. The Hall–Kier alpha value is -4.32. The average Bonchev–Trinajstić information content (AvgIpc) is 3.94. The number of aromatic amines is 1. The van der Waals surface area contributed by atoms with Gasteiger partial charge >= 0.3 is 0 Å². The number of hydrogen-bond acceptors (Lipinski definition) is 17. The Morgan fingerprint density at radius 2 is 1.14 bits per heavy atom. The number of aliphatic imine (C=N–C) groups is 1. The molecule has 0 spiro atoms. The van der Waals surface area contributed by atoms with Gasteiger partial charge in [-0.25, -0.2) is 0 Å². The molecule has 1 radical (unpaired) electrons. The number of nitrogens with zero attached hydrogens (tertiary/aromatic N) is 4. The molecule has 1 aromatic carbocycles. The van der Waals surface area contributed by atoms with Gasteiger partial charge in [0.25, 0.3) is 0 Å². The van der Waals surface area contributed by atoms with E-state index in [0.29, 0.717) is 114 Å². The van der Waals surface area contributed by atoms with Crippen molar-refractivity contribution in [2.45, 2.75) is 87.5 Å². The molecule has 3 aromatic rings. The van der Waals surface area contributed by atoms with E-state index in [1.807, 2.05) is 18.3 Å². The van der Waals surface area contributed by atoms with E-state index in [2.05, 4.69) is 44.8 Å². The summed E-state index contributed by atoms with van der Waals surface area (Å²) in [5.41, 5.74) is 7.41. The van der Waals surface area contributed by atoms with Gasteiger partial charge in [0.05, 0.1) is 99.7 Å². The van der Waals surface area contributed by atoms with Crippen LogP contribution in [0, 0.1) is 56.6 Å². The maximum Gasteiger partial charge on any atom is 0.163 e. The van der Waals surface area contributed by atoms with Crippen molar-refractivity contribution < 1.29 is 110 Å². The molecule has 425 valence electrons. The van der Waals surface area contributed by atoms with E-state index in [-0.39, 0.29) is 82.1 Å². The molecule has 0 amide bonds. The van der Waals surface area contributed by atoms with Crippen LogP contribution in [0.3, 0.4) is 0 Å². The number of carboxylic acids is 2. The number of ether oxygens (including phenoxy) is 8. The summed E-state index contributed by atoms with van der Waals surface area (Å²) in [6.45, 7) is 15.6. The van der Waals surface area contributed by atoms with Gasteiger partial charge in [-0.2, -0.15) is 0 Å². The molecular formula is C53H80LuN5O15-3. The fraction of sp³-hybridized carbons (Fsp3) is 0.566. The van der Waals surface area contributed by atoms with Crippen molar-refractivity contribution in [2.75, 3.05) is 107 Å². The molecule has 20 nitrogen and oxygen atoms in total. The molecule has 2 aliphatic rings. The van der Waals surface area contributed by atoms with Crippen LogP contribution in [0.2, 0.25) is 0 Å². The number of aliphatic hydroxyl groups is 2. The third kappa shape index (κ3) is 24.1. The monoisotopic (exact) mass is 1200 g/mol. The number of methoxy groups -OCH3 is 2. The van der Waals surface area contributed by atoms with Gasteiger partial charge < -0.3 is 83.4 Å². The Morgan fingerprint density at radius 1 is 0.676 bits per heavy atom. The van der Waals surface area contributed by atoms with E-state index < -0.39 is 11.9 Å². The Morgan fingerprint density at radius 3 is 1.59 bits per heavy atom. The van der Waals surface area contributed by atoms with Gasteiger partial charge in [-0.3, -0.25) is 15.0 Å². The average molecular weight is 1200 g/mol. The minimum Gasteiger partial charge on any atom is -0.656 e. The summed E-state index contributed by atoms with van der Waals surface area (Å²) >= 11 is 0. The van der Waals surface area contributed by atoms with Crippen LogP contribution in [0.4, 0.5) is 0 Å². The number of carbonyl (C=O) groups excluding carboxylic acids is 2. The number of fused-ring (bicyclic) bond motifs is 6. The van der Waals surface area contributed by atoms with E-state index in [9.17, 15) is 10.2 Å². The van der Waals surface area contributed by atoms with Gasteiger partial charge in [0.1, 0.15) is 13.2 Å². The van der Waals surface area contributed by atoms with Crippen LogP contribution in [0.1, 0.15) is 83.1 Å². The molecule has 74 heavy (non-hydrogen) atoms. The normalized spacial score (nSPS) is 15.1. The molecule has 5 N–H and O–H groups in total. The number of benzene rings is 1. The second-order valence-electron chi connectivity index (χ2n) is 16.2. The second kappa shape index (κ2) is 40.0. The SMILES string of the molecule is C.CC(=O)[O-].CC(=O)[O-].CCC1=C2/C=c3\[n-]/c(c(C)c3CCCO)=C\N=c3cc(OCCOCCOCCOC)c(OCCOCCOCCOC)cc3=N/C=c3\[nH]/c(c(CCCO)c3C)=C\C(=N2)C1CC.O.[Lu]. The van der Waals surface area contributed by atoms with Crippen LogP contribution in [0.15, 0.2) is 38.4 Å². The fourth-order valence-corrected chi connectivity index (χ4v) is 7.60. The minimum absolute atomic E-state index is 0. The minimum atomic E-state index is -1.08. The summed E-state index contributed by atoms with van der Waals surface area (Å²) in [6.07, 6.45) is 12.2. The third-order valence-corrected chi connectivity index (χ3v) is 11.0. The first-order chi connectivity index (χ1) is 34.3. The number of hydrogen-bond donors (Lipinski definition) is 3. The third-order valence-electron chi connectivity index (χ3n) is 11.0.